The van der Waals surface area contributed by atoms with Crippen molar-refractivity contribution < 1.29 is 38.2 Å². The van der Waals surface area contributed by atoms with Gasteiger partial charge in [-0.15, -0.1) is 16.4 Å². The fourth-order valence-electron chi connectivity index (χ4n) is 9.93. The highest BCUT2D eigenvalue weighted by Gasteiger charge is 2.41. The van der Waals surface area contributed by atoms with Gasteiger partial charge in [0.05, 0.1) is 30.3 Å². The van der Waals surface area contributed by atoms with E-state index in [-0.39, 0.29) is 54.4 Å². The summed E-state index contributed by atoms with van der Waals surface area (Å²) < 4.78 is 19.4. The highest BCUT2D eigenvalue weighted by atomic mass is 32.1. The molecule has 2 aliphatic rings. The molecule has 1 saturated carbocycles. The number of nitrogens with one attached hydrogen (secondary N) is 5. The van der Waals surface area contributed by atoms with Crippen LogP contribution in [0.15, 0.2) is 104 Å². The van der Waals surface area contributed by atoms with Crippen molar-refractivity contribution in [3.63, 3.8) is 0 Å². The highest BCUT2D eigenvalue weighted by molar-refractivity contribution is 7.14. The maximum Gasteiger partial charge on any atom is 0.410 e. The summed E-state index contributed by atoms with van der Waals surface area (Å²) in [6.07, 6.45) is 14.4. The van der Waals surface area contributed by atoms with Gasteiger partial charge in [0.1, 0.15) is 64.3 Å². The third-order valence-electron chi connectivity index (χ3n) is 14.8. The Balaban J connectivity index is 0.744. The predicted octanol–water partition coefficient (Wildman–Crippen LogP) is 8.84. The average molecular weight is 1170 g/mol. The third kappa shape index (κ3) is 17.0. The van der Waals surface area contributed by atoms with E-state index in [1.54, 1.807) is 100 Å². The second-order valence-electron chi connectivity index (χ2n) is 22.1. The molecule has 23 heteroatoms. The quantitative estimate of drug-likeness (QED) is 0.0155. The number of ketones is 1. The second kappa shape index (κ2) is 29.1. The molecule has 0 unspecified atom stereocenters. The van der Waals surface area contributed by atoms with Crippen LogP contribution in [0.4, 0.5) is 10.5 Å². The summed E-state index contributed by atoms with van der Waals surface area (Å²) in [6.45, 7) is 9.21. The molecule has 0 spiro atoms. The van der Waals surface area contributed by atoms with Gasteiger partial charge in [0, 0.05) is 62.9 Å². The number of unbranched alkanes of at least 4 members (excludes halogenated alkanes) is 2. The average Bonchev–Trinajstić information content (AvgIpc) is 3.56. The minimum absolute atomic E-state index is 0.0444. The van der Waals surface area contributed by atoms with Crippen LogP contribution in [0, 0.1) is 16.7 Å². The van der Waals surface area contributed by atoms with E-state index in [0.717, 1.165) is 63.4 Å². The summed E-state index contributed by atoms with van der Waals surface area (Å²) in [6, 6.07) is 21.3. The number of amides is 4. The first-order chi connectivity index (χ1) is 40.4. The van der Waals surface area contributed by atoms with Gasteiger partial charge < -0.3 is 40.0 Å². The van der Waals surface area contributed by atoms with Crippen LogP contribution < -0.4 is 25.4 Å². The fraction of sp³-hybridized carbons (Fsp3) is 0.443. The zero-order valence-electron chi connectivity index (χ0n) is 48.6. The molecule has 4 amide bonds. The van der Waals surface area contributed by atoms with Gasteiger partial charge in [0.2, 0.25) is 17.6 Å². The minimum atomic E-state index is -0.870. The maximum absolute atomic E-state index is 14.6. The van der Waals surface area contributed by atoms with Crippen molar-refractivity contribution in [3.8, 4) is 11.5 Å². The van der Waals surface area contributed by atoms with E-state index in [4.69, 9.17) is 25.0 Å². The molecule has 3 atom stereocenters. The van der Waals surface area contributed by atoms with Gasteiger partial charge in [-0.05, 0) is 133 Å². The molecule has 1 aliphatic heterocycles. The Labute approximate surface area is 494 Å². The first kappa shape index (κ1) is 61.5. The first-order valence-electron chi connectivity index (χ1n) is 28.6. The number of hydrogen-bond acceptors (Lipinski definition) is 17. The number of benzene rings is 3. The first-order valence-corrected chi connectivity index (χ1v) is 29.4. The molecule has 1 saturated heterocycles. The van der Waals surface area contributed by atoms with E-state index in [1.165, 1.54) is 34.5 Å². The number of aromatic nitrogens is 6. The summed E-state index contributed by atoms with van der Waals surface area (Å²) in [7, 11) is 3.15. The molecule has 6 aromatic rings. The Morgan fingerprint density at radius 3 is 2.39 bits per heavy atom. The van der Waals surface area contributed by atoms with E-state index >= 15 is 0 Å². The zero-order valence-corrected chi connectivity index (χ0v) is 49.5. The summed E-state index contributed by atoms with van der Waals surface area (Å²) >= 11 is 1.27. The number of hydrogen-bond donors (Lipinski definition) is 5. The molecule has 22 nitrogen and oxygen atoms in total. The summed E-state index contributed by atoms with van der Waals surface area (Å²) in [5.74, 6) is 0.350. The molecule has 0 bridgehead atoms. The molecular weight excluding hydrogens is 1090 g/mol. The summed E-state index contributed by atoms with van der Waals surface area (Å²) in [5.41, 5.74) is 2.78. The van der Waals surface area contributed by atoms with Crippen LogP contribution >= 0.6 is 11.3 Å². The number of nitrogens with zero attached hydrogens (tertiary/aromatic N) is 9. The monoisotopic (exact) mass is 1160 g/mol. The van der Waals surface area contributed by atoms with Crippen LogP contribution in [0.2, 0.25) is 0 Å². The summed E-state index contributed by atoms with van der Waals surface area (Å²) in [4.78, 5) is 85.7. The number of anilines is 1. The van der Waals surface area contributed by atoms with E-state index in [2.05, 4.69) is 41.2 Å². The lowest BCUT2D eigenvalue weighted by Gasteiger charge is -2.36. The molecule has 8 rings (SSSR count). The van der Waals surface area contributed by atoms with Crippen molar-refractivity contribution in [2.75, 3.05) is 39.1 Å². The number of aryl methyl sites for hydroxylation is 1. The molecule has 2 fully saturated rings. The molecule has 5 N–H and O–H groups in total. The van der Waals surface area contributed by atoms with Gasteiger partial charge in [0.25, 0.3) is 5.91 Å². The number of carbonyl (C=O) groups excluding carboxylic acids is 5. The van der Waals surface area contributed by atoms with Crippen molar-refractivity contribution in [2.24, 2.45) is 5.92 Å². The number of likely N-dealkylation sites (N-methyl/N-ethyl adjacent to an activating group) is 2. The summed E-state index contributed by atoms with van der Waals surface area (Å²) in [5, 5.41) is 35.2. The van der Waals surface area contributed by atoms with Crippen molar-refractivity contribution in [3.05, 3.63) is 142 Å². The number of carbonyl (C=O) groups is 5. The van der Waals surface area contributed by atoms with E-state index in [9.17, 15) is 24.0 Å². The number of thiazole rings is 1. The van der Waals surface area contributed by atoms with E-state index in [0.29, 0.717) is 82.2 Å². The van der Waals surface area contributed by atoms with Gasteiger partial charge in [-0.1, -0.05) is 54.8 Å². The third-order valence-corrected chi connectivity index (χ3v) is 15.9. The number of amidine groups is 2. The van der Waals surface area contributed by atoms with E-state index in [1.807, 2.05) is 41.4 Å². The Morgan fingerprint density at radius 1 is 0.857 bits per heavy atom. The van der Waals surface area contributed by atoms with E-state index < -0.39 is 29.7 Å². The van der Waals surface area contributed by atoms with Gasteiger partial charge in [0.15, 0.2) is 5.84 Å². The van der Waals surface area contributed by atoms with Crippen molar-refractivity contribution in [1.82, 2.24) is 55.3 Å². The minimum Gasteiger partial charge on any atom is -0.494 e. The Kier molecular flexibility index (Phi) is 21.3. The van der Waals surface area contributed by atoms with Crippen LogP contribution in [-0.2, 0) is 34.0 Å². The predicted molar refractivity (Wildman–Crippen MR) is 318 cm³/mol. The number of rotatable bonds is 25. The molecule has 4 heterocycles. The van der Waals surface area contributed by atoms with Crippen molar-refractivity contribution in [1.29, 1.82) is 10.8 Å². The largest absolute Gasteiger partial charge is 0.494 e. The standard InChI is InChI=1S/C61H76N14O8S/c1-40(72(5)60(80)83-61(2,3)4)56(77)69-53(42-18-9-7-10-19-42)59(79)75-29-16-25-50(75)58-67-35-51(84-58)54(76)43-20-15-24-48(33-43)82-38-46-37-74(71-70-46)28-11-8-12-30-81-47-23-13-17-41(31-47)34-66-57(78)44-21-14-22-45(32-44)65-36-52(62)73(6)55(63)49-26-27-64-39-68-49/h13-15,17,20-24,26-27,31-33,35,37,39-40,42,50,53,62-63,65H,7-12,16,18-19,25,28-30,34,36,38H2,1-6H3,(H,66,78)(H,69,77)/t40-,50-,53-/m0/s1. The zero-order chi connectivity index (χ0) is 59.8. The van der Waals surface area contributed by atoms with Crippen LogP contribution in [-0.4, -0.2) is 137 Å². The van der Waals surface area contributed by atoms with Gasteiger partial charge in [-0.3, -0.25) is 39.6 Å². The molecular formula is C61H76N14O8S. The number of likely N-dealkylation sites (tertiary alicyclic amines) is 1. The van der Waals surface area contributed by atoms with Gasteiger partial charge in [-0.25, -0.2) is 19.7 Å². The molecule has 444 valence electrons. The Bertz CT molecular complexity index is 3250. The van der Waals surface area contributed by atoms with Crippen molar-refractivity contribution in [2.45, 2.75) is 135 Å². The van der Waals surface area contributed by atoms with Gasteiger partial charge >= 0.3 is 6.09 Å². The lowest BCUT2D eigenvalue weighted by molar-refractivity contribution is -0.140. The SMILES string of the molecule is C[C@@H](C(=O)N[C@H](C(=O)N1CCC[C@H]1c1ncc(C(=O)c2cccc(OCc3cn(CCCCCOc4cccc(CNC(=O)c5cccc(NCC(=N)N(C)C(=N)c6ccncn6)c5)c4)nn3)c2)s1)C1CCCCC1)N(C)C(=O)OC(C)(C)C. The van der Waals surface area contributed by atoms with Crippen LogP contribution in [0.25, 0.3) is 0 Å². The molecule has 3 aromatic heterocycles. The normalized spacial score (nSPS) is 15.1. The molecule has 1 aliphatic carbocycles. The number of ether oxygens (including phenoxy) is 3. The molecule has 3 aromatic carbocycles. The molecule has 0 radical (unpaired) electrons. The Hall–Kier alpha value is -8.60. The lowest BCUT2D eigenvalue weighted by Crippen LogP contribution is -2.56. The maximum atomic E-state index is 14.6. The molecule has 84 heavy (non-hydrogen) atoms. The van der Waals surface area contributed by atoms with Crippen LogP contribution in [0.3, 0.4) is 0 Å². The van der Waals surface area contributed by atoms with Crippen LogP contribution in [0.1, 0.15) is 145 Å². The topological polar surface area (TPSA) is 276 Å². The van der Waals surface area contributed by atoms with Gasteiger partial charge in [-0.2, -0.15) is 0 Å². The van der Waals surface area contributed by atoms with Crippen LogP contribution in [0.5, 0.6) is 11.5 Å². The van der Waals surface area contributed by atoms with Crippen molar-refractivity contribution >= 4 is 58.3 Å². The lowest BCUT2D eigenvalue weighted by atomic mass is 9.83. The second-order valence-corrected chi connectivity index (χ2v) is 23.2. The Morgan fingerprint density at radius 2 is 1.62 bits per heavy atom. The highest BCUT2D eigenvalue weighted by Crippen LogP contribution is 2.37. The smallest absolute Gasteiger partial charge is 0.410 e. The fourth-order valence-corrected chi connectivity index (χ4v) is 11.0.